The van der Waals surface area contributed by atoms with E-state index in [1.54, 1.807) is 11.3 Å². The molecule has 2 atom stereocenters. The molecule has 19 heavy (non-hydrogen) atoms. The molecule has 1 aromatic rings. The number of halogens is 1. The van der Waals surface area contributed by atoms with Gasteiger partial charge in [-0.2, -0.15) is 0 Å². The fourth-order valence-corrected chi connectivity index (χ4v) is 5.61. The Hall–Kier alpha value is -0.540. The Morgan fingerprint density at radius 3 is 2.68 bits per heavy atom. The van der Waals surface area contributed by atoms with E-state index >= 15 is 0 Å². The number of carbonyl (C=O) groups is 1. The molecule has 4 heteroatoms. The summed E-state index contributed by atoms with van der Waals surface area (Å²) in [5, 5.41) is 0.273. The topological polar surface area (TPSA) is 20.3 Å². The van der Waals surface area contributed by atoms with E-state index in [9.17, 15) is 4.79 Å². The Balaban J connectivity index is 1.60. The lowest BCUT2D eigenvalue weighted by molar-refractivity contribution is 0.0604. The van der Waals surface area contributed by atoms with Crippen molar-refractivity contribution in [3.63, 3.8) is 0 Å². The predicted molar refractivity (Wildman–Crippen MR) is 78.2 cm³/mol. The van der Waals surface area contributed by atoms with Crippen LogP contribution in [0.3, 0.4) is 0 Å². The highest BCUT2D eigenvalue weighted by atomic mass is 35.5. The van der Waals surface area contributed by atoms with Crippen LogP contribution in [-0.4, -0.2) is 28.3 Å². The van der Waals surface area contributed by atoms with Gasteiger partial charge in [0.2, 0.25) is 0 Å². The van der Waals surface area contributed by atoms with E-state index in [0.717, 1.165) is 37.0 Å². The molecule has 3 heterocycles. The molecule has 2 saturated heterocycles. The van der Waals surface area contributed by atoms with Crippen LogP contribution < -0.4 is 0 Å². The van der Waals surface area contributed by atoms with Gasteiger partial charge in [-0.15, -0.1) is 22.9 Å². The molecule has 0 aromatic carbocycles. The average molecular weight is 296 g/mol. The maximum atomic E-state index is 12.8. The minimum Gasteiger partial charge on any atom is -0.332 e. The van der Waals surface area contributed by atoms with Crippen molar-refractivity contribution in [2.75, 3.05) is 0 Å². The molecule has 0 spiro atoms. The van der Waals surface area contributed by atoms with Crippen molar-refractivity contribution >= 4 is 28.8 Å². The summed E-state index contributed by atoms with van der Waals surface area (Å²) in [5.41, 5.74) is 1.42. The number of hydrogen-bond donors (Lipinski definition) is 0. The number of aryl methyl sites for hydroxylation is 2. The van der Waals surface area contributed by atoms with Crippen molar-refractivity contribution in [2.24, 2.45) is 0 Å². The van der Waals surface area contributed by atoms with Gasteiger partial charge in [-0.05, 0) is 56.6 Å². The minimum absolute atomic E-state index is 0.273. The first kappa shape index (κ1) is 12.2. The van der Waals surface area contributed by atoms with Crippen molar-refractivity contribution in [1.29, 1.82) is 0 Å². The Bertz CT molecular complexity index is 491. The van der Waals surface area contributed by atoms with Gasteiger partial charge in [0.15, 0.2) is 0 Å². The molecular weight excluding hydrogens is 278 g/mol. The molecule has 2 unspecified atom stereocenters. The summed E-state index contributed by atoms with van der Waals surface area (Å²) in [6.07, 6.45) is 7.84. The van der Waals surface area contributed by atoms with Crippen molar-refractivity contribution in [1.82, 2.24) is 4.90 Å². The second-order valence-corrected chi connectivity index (χ2v) is 7.83. The monoisotopic (exact) mass is 295 g/mol. The van der Waals surface area contributed by atoms with Crippen LogP contribution in [0.2, 0.25) is 0 Å². The highest BCUT2D eigenvalue weighted by Crippen LogP contribution is 2.40. The zero-order chi connectivity index (χ0) is 13.0. The molecule has 3 aliphatic rings. The van der Waals surface area contributed by atoms with Crippen LogP contribution in [0, 0.1) is 0 Å². The normalized spacial score (nSPS) is 32.7. The first-order valence-corrected chi connectivity index (χ1v) is 8.56. The summed E-state index contributed by atoms with van der Waals surface area (Å²) in [7, 11) is 0. The lowest BCUT2D eigenvalue weighted by Gasteiger charge is -2.36. The third-order valence-electron chi connectivity index (χ3n) is 4.87. The number of rotatable bonds is 1. The summed E-state index contributed by atoms with van der Waals surface area (Å²) < 4.78 is 0. The van der Waals surface area contributed by atoms with Crippen LogP contribution in [0.15, 0.2) is 6.07 Å². The van der Waals surface area contributed by atoms with Crippen molar-refractivity contribution < 1.29 is 4.79 Å². The fraction of sp³-hybridized carbons (Fsp3) is 0.667. The summed E-state index contributed by atoms with van der Waals surface area (Å²) >= 11 is 8.02. The third-order valence-corrected chi connectivity index (χ3v) is 6.45. The van der Waals surface area contributed by atoms with Gasteiger partial charge in [0.25, 0.3) is 5.91 Å². The van der Waals surface area contributed by atoms with Gasteiger partial charge in [-0.3, -0.25) is 4.79 Å². The molecule has 0 saturated carbocycles. The van der Waals surface area contributed by atoms with Crippen molar-refractivity contribution in [3.05, 3.63) is 21.4 Å². The number of nitrogens with zero attached hydrogens (tertiary/aromatic N) is 1. The second-order valence-electron chi connectivity index (χ2n) is 6.08. The number of amides is 1. The Kier molecular flexibility index (Phi) is 2.89. The maximum Gasteiger partial charge on any atom is 0.264 e. The number of alkyl halides is 1. The molecule has 1 aromatic heterocycles. The number of carbonyl (C=O) groups excluding carboxylic acids is 1. The van der Waals surface area contributed by atoms with Crippen LogP contribution in [0.1, 0.15) is 52.2 Å². The van der Waals surface area contributed by atoms with Crippen LogP contribution in [0.5, 0.6) is 0 Å². The molecule has 2 aliphatic heterocycles. The van der Waals surface area contributed by atoms with Gasteiger partial charge in [0.05, 0.1) is 4.88 Å². The molecule has 4 rings (SSSR count). The van der Waals surface area contributed by atoms with E-state index < -0.39 is 0 Å². The van der Waals surface area contributed by atoms with Gasteiger partial charge in [0.1, 0.15) is 0 Å². The van der Waals surface area contributed by atoms with Gasteiger partial charge >= 0.3 is 0 Å². The largest absolute Gasteiger partial charge is 0.332 e. The summed E-state index contributed by atoms with van der Waals surface area (Å²) in [5.74, 6) is 0.274. The van der Waals surface area contributed by atoms with Crippen LogP contribution in [-0.2, 0) is 12.8 Å². The zero-order valence-electron chi connectivity index (χ0n) is 10.9. The molecule has 2 nitrogen and oxygen atoms in total. The van der Waals surface area contributed by atoms with E-state index in [0.29, 0.717) is 12.1 Å². The first-order chi connectivity index (χ1) is 9.22. The van der Waals surface area contributed by atoms with Gasteiger partial charge < -0.3 is 4.90 Å². The predicted octanol–water partition coefficient (Wildman–Crippen LogP) is 3.61. The molecule has 0 radical (unpaired) electrons. The van der Waals surface area contributed by atoms with E-state index in [-0.39, 0.29) is 11.3 Å². The minimum atomic E-state index is 0.273. The quantitative estimate of drug-likeness (QED) is 0.725. The van der Waals surface area contributed by atoms with Crippen molar-refractivity contribution in [2.45, 2.75) is 62.4 Å². The standard InChI is InChI=1S/C15H18ClNOS/c16-10-7-11-4-5-12(8-10)17(11)15(18)14-6-9-2-1-3-13(9)19-14/h6,10-12H,1-5,7-8H2. The lowest BCUT2D eigenvalue weighted by atomic mass is 10.0. The smallest absolute Gasteiger partial charge is 0.264 e. The van der Waals surface area contributed by atoms with E-state index in [1.165, 1.54) is 23.3 Å². The van der Waals surface area contributed by atoms with E-state index in [1.807, 2.05) is 0 Å². The third kappa shape index (κ3) is 1.93. The average Bonchev–Trinajstić information content (AvgIpc) is 3.00. The Morgan fingerprint density at radius 1 is 1.26 bits per heavy atom. The van der Waals surface area contributed by atoms with Gasteiger partial charge in [-0.25, -0.2) is 0 Å². The highest BCUT2D eigenvalue weighted by Gasteiger charge is 2.43. The van der Waals surface area contributed by atoms with Crippen LogP contribution in [0.4, 0.5) is 0 Å². The Morgan fingerprint density at radius 2 is 2.00 bits per heavy atom. The maximum absolute atomic E-state index is 12.8. The number of piperidine rings is 1. The number of hydrogen-bond acceptors (Lipinski definition) is 2. The molecular formula is C15H18ClNOS. The molecule has 2 fully saturated rings. The van der Waals surface area contributed by atoms with Crippen LogP contribution in [0.25, 0.3) is 0 Å². The summed E-state index contributed by atoms with van der Waals surface area (Å²) in [4.78, 5) is 17.3. The SMILES string of the molecule is O=C(c1cc2c(s1)CCC2)N1C2CCC1CC(Cl)C2. The highest BCUT2D eigenvalue weighted by molar-refractivity contribution is 7.14. The molecule has 1 amide bonds. The lowest BCUT2D eigenvalue weighted by Crippen LogP contribution is -2.46. The van der Waals surface area contributed by atoms with Crippen molar-refractivity contribution in [3.8, 4) is 0 Å². The fourth-order valence-electron chi connectivity index (χ4n) is 4.00. The van der Waals surface area contributed by atoms with Gasteiger partial charge in [0, 0.05) is 22.3 Å². The molecule has 0 N–H and O–H groups in total. The Labute approximate surface area is 122 Å². The first-order valence-electron chi connectivity index (χ1n) is 7.30. The zero-order valence-corrected chi connectivity index (χ0v) is 12.5. The molecule has 1 aliphatic carbocycles. The van der Waals surface area contributed by atoms with E-state index in [2.05, 4.69) is 11.0 Å². The molecule has 102 valence electrons. The number of fused-ring (bicyclic) bond motifs is 3. The summed E-state index contributed by atoms with van der Waals surface area (Å²) in [6, 6.07) is 2.94. The van der Waals surface area contributed by atoms with E-state index in [4.69, 9.17) is 11.6 Å². The number of thiophene rings is 1. The summed E-state index contributed by atoms with van der Waals surface area (Å²) in [6.45, 7) is 0. The molecule has 2 bridgehead atoms. The van der Waals surface area contributed by atoms with Gasteiger partial charge in [-0.1, -0.05) is 0 Å². The van der Waals surface area contributed by atoms with Crippen LogP contribution >= 0.6 is 22.9 Å². The second kappa shape index (κ2) is 4.49.